The maximum atomic E-state index is 12.9. The quantitative estimate of drug-likeness (QED) is 0.327. The van der Waals surface area contributed by atoms with Gasteiger partial charge >= 0.3 is 0 Å². The van der Waals surface area contributed by atoms with Gasteiger partial charge in [-0.05, 0) is 56.2 Å². The lowest BCUT2D eigenvalue weighted by Gasteiger charge is -2.08. The standard InChI is InChI=1S/C23H21FN4O3S2/c1-13-8-14(2)21(15(3)9-13)18-11-32-22(25-18)26-19(29)12-33-23-28-27-20(31-23)10-30-17-6-4-16(24)5-7-17/h4-9,11H,10,12H2,1-3H3,(H,25,26,29). The SMILES string of the molecule is Cc1cc(C)c(-c2csc(NC(=O)CSc3nnc(COc4ccc(F)cc4)o3)n2)c(C)c1. The number of anilines is 1. The Hall–Kier alpha value is -3.24. The lowest BCUT2D eigenvalue weighted by Crippen LogP contribution is -2.13. The summed E-state index contributed by atoms with van der Waals surface area (Å²) in [5, 5.41) is 13.3. The van der Waals surface area contributed by atoms with Gasteiger partial charge in [-0.2, -0.15) is 0 Å². The molecule has 0 aliphatic heterocycles. The summed E-state index contributed by atoms with van der Waals surface area (Å²) in [7, 11) is 0. The van der Waals surface area contributed by atoms with Gasteiger partial charge in [-0.1, -0.05) is 29.5 Å². The molecule has 2 aromatic heterocycles. The number of carbonyl (C=O) groups excluding carboxylic acids is 1. The number of nitrogens with zero attached hydrogens (tertiary/aromatic N) is 3. The van der Waals surface area contributed by atoms with Gasteiger partial charge in [-0.15, -0.1) is 21.5 Å². The zero-order chi connectivity index (χ0) is 23.4. The Morgan fingerprint density at radius 1 is 1.15 bits per heavy atom. The first-order valence-electron chi connectivity index (χ1n) is 10.0. The molecule has 2 aromatic carbocycles. The molecular weight excluding hydrogens is 463 g/mol. The number of thiazole rings is 1. The summed E-state index contributed by atoms with van der Waals surface area (Å²) >= 11 is 2.50. The van der Waals surface area contributed by atoms with Crippen LogP contribution < -0.4 is 10.1 Å². The van der Waals surface area contributed by atoms with Crippen LogP contribution in [0.4, 0.5) is 9.52 Å². The summed E-state index contributed by atoms with van der Waals surface area (Å²) in [6.07, 6.45) is 0. The molecule has 0 aliphatic rings. The molecule has 0 aliphatic carbocycles. The molecule has 0 unspecified atom stereocenters. The number of aromatic nitrogens is 3. The number of hydrogen-bond acceptors (Lipinski definition) is 8. The van der Waals surface area contributed by atoms with Crippen LogP contribution in [0.5, 0.6) is 5.75 Å². The molecule has 0 spiro atoms. The summed E-state index contributed by atoms with van der Waals surface area (Å²) in [4.78, 5) is 16.9. The highest BCUT2D eigenvalue weighted by molar-refractivity contribution is 7.99. The molecule has 1 N–H and O–H groups in total. The van der Waals surface area contributed by atoms with Crippen molar-refractivity contribution < 1.29 is 18.3 Å². The van der Waals surface area contributed by atoms with E-state index < -0.39 is 0 Å². The Kier molecular flexibility index (Phi) is 7.05. The van der Waals surface area contributed by atoms with Crippen molar-refractivity contribution in [1.29, 1.82) is 0 Å². The Morgan fingerprint density at radius 3 is 2.61 bits per heavy atom. The lowest BCUT2D eigenvalue weighted by molar-refractivity contribution is -0.113. The molecule has 1 amide bonds. The highest BCUT2D eigenvalue weighted by Gasteiger charge is 2.14. The van der Waals surface area contributed by atoms with Gasteiger partial charge in [0.15, 0.2) is 11.7 Å². The number of amides is 1. The number of aryl methyl sites for hydroxylation is 3. The molecule has 0 atom stereocenters. The second-order valence-corrected chi connectivity index (χ2v) is 9.14. The van der Waals surface area contributed by atoms with Crippen LogP contribution >= 0.6 is 23.1 Å². The molecule has 0 fully saturated rings. The van der Waals surface area contributed by atoms with Crippen molar-refractivity contribution in [1.82, 2.24) is 15.2 Å². The topological polar surface area (TPSA) is 90.1 Å². The fourth-order valence-electron chi connectivity index (χ4n) is 3.34. The van der Waals surface area contributed by atoms with Gasteiger partial charge in [-0.3, -0.25) is 4.79 Å². The number of thioether (sulfide) groups is 1. The van der Waals surface area contributed by atoms with Crippen LogP contribution in [0.3, 0.4) is 0 Å². The van der Waals surface area contributed by atoms with Gasteiger partial charge in [0.2, 0.25) is 5.91 Å². The van der Waals surface area contributed by atoms with Crippen molar-refractivity contribution in [2.75, 3.05) is 11.1 Å². The fourth-order valence-corrected chi connectivity index (χ4v) is 4.64. The van der Waals surface area contributed by atoms with E-state index in [9.17, 15) is 9.18 Å². The number of carbonyl (C=O) groups is 1. The molecule has 0 saturated heterocycles. The zero-order valence-corrected chi connectivity index (χ0v) is 19.8. The predicted molar refractivity (Wildman–Crippen MR) is 126 cm³/mol. The molecule has 0 saturated carbocycles. The number of rotatable bonds is 8. The molecule has 0 bridgehead atoms. The molecule has 33 heavy (non-hydrogen) atoms. The minimum Gasteiger partial charge on any atom is -0.484 e. The third-order valence-electron chi connectivity index (χ3n) is 4.63. The van der Waals surface area contributed by atoms with Crippen molar-refractivity contribution >= 4 is 34.1 Å². The smallest absolute Gasteiger partial charge is 0.277 e. The van der Waals surface area contributed by atoms with Gasteiger partial charge in [-0.25, -0.2) is 9.37 Å². The minimum absolute atomic E-state index is 0.0468. The van der Waals surface area contributed by atoms with Crippen LogP contribution in [-0.2, 0) is 11.4 Å². The highest BCUT2D eigenvalue weighted by atomic mass is 32.2. The third kappa shape index (κ3) is 5.96. The summed E-state index contributed by atoms with van der Waals surface area (Å²) in [6, 6.07) is 9.88. The van der Waals surface area contributed by atoms with Gasteiger partial charge in [0, 0.05) is 10.9 Å². The van der Waals surface area contributed by atoms with E-state index in [0.717, 1.165) is 34.1 Å². The fraction of sp³-hybridized carbons (Fsp3) is 0.217. The molecule has 7 nitrogen and oxygen atoms in total. The lowest BCUT2D eigenvalue weighted by atomic mass is 9.98. The van der Waals surface area contributed by atoms with Crippen molar-refractivity contribution in [3.8, 4) is 17.0 Å². The first kappa shape index (κ1) is 22.9. The van der Waals surface area contributed by atoms with E-state index in [1.54, 1.807) is 0 Å². The molecular formula is C23H21FN4O3S2. The molecule has 0 radical (unpaired) electrons. The van der Waals surface area contributed by atoms with Gasteiger partial charge < -0.3 is 14.5 Å². The number of ether oxygens (including phenoxy) is 1. The molecule has 2 heterocycles. The molecule has 4 rings (SSSR count). The first-order chi connectivity index (χ1) is 15.9. The minimum atomic E-state index is -0.341. The van der Waals surface area contributed by atoms with E-state index in [-0.39, 0.29) is 35.2 Å². The summed E-state index contributed by atoms with van der Waals surface area (Å²) in [5.74, 6) is 0.280. The first-order valence-corrected chi connectivity index (χ1v) is 11.9. The van der Waals surface area contributed by atoms with Crippen LogP contribution in [0.2, 0.25) is 0 Å². The maximum absolute atomic E-state index is 12.9. The largest absolute Gasteiger partial charge is 0.484 e. The van der Waals surface area contributed by atoms with E-state index in [1.165, 1.54) is 41.2 Å². The van der Waals surface area contributed by atoms with Crippen molar-refractivity contribution in [3.05, 3.63) is 70.2 Å². The Labute approximate surface area is 198 Å². The highest BCUT2D eigenvalue weighted by Crippen LogP contribution is 2.31. The summed E-state index contributed by atoms with van der Waals surface area (Å²) in [6.45, 7) is 6.24. The number of hydrogen-bond donors (Lipinski definition) is 1. The van der Waals surface area contributed by atoms with Gasteiger partial charge in [0.1, 0.15) is 11.6 Å². The molecule has 170 valence electrons. The second-order valence-electron chi connectivity index (χ2n) is 7.35. The van der Waals surface area contributed by atoms with Crippen molar-refractivity contribution in [2.24, 2.45) is 0 Å². The van der Waals surface area contributed by atoms with E-state index >= 15 is 0 Å². The number of nitrogens with one attached hydrogen (secondary N) is 1. The van der Waals surface area contributed by atoms with Crippen molar-refractivity contribution in [3.63, 3.8) is 0 Å². The van der Waals surface area contributed by atoms with Gasteiger partial charge in [0.25, 0.3) is 11.1 Å². The average molecular weight is 485 g/mol. The Balaban J connectivity index is 1.28. The zero-order valence-electron chi connectivity index (χ0n) is 18.2. The normalized spacial score (nSPS) is 10.9. The van der Waals surface area contributed by atoms with E-state index in [1.807, 2.05) is 5.38 Å². The van der Waals surface area contributed by atoms with E-state index in [2.05, 4.69) is 53.4 Å². The number of benzene rings is 2. The summed E-state index contributed by atoms with van der Waals surface area (Å²) < 4.78 is 23.9. The average Bonchev–Trinajstić information content (AvgIpc) is 3.41. The Morgan fingerprint density at radius 2 is 1.88 bits per heavy atom. The van der Waals surface area contributed by atoms with E-state index in [4.69, 9.17) is 9.15 Å². The Bertz CT molecular complexity index is 1250. The van der Waals surface area contributed by atoms with E-state index in [0.29, 0.717) is 10.9 Å². The predicted octanol–water partition coefficient (Wildman–Crippen LogP) is 5.57. The summed E-state index contributed by atoms with van der Waals surface area (Å²) in [5.41, 5.74) is 5.46. The maximum Gasteiger partial charge on any atom is 0.277 e. The van der Waals surface area contributed by atoms with Crippen molar-refractivity contribution in [2.45, 2.75) is 32.6 Å². The number of halogens is 1. The molecule has 10 heteroatoms. The second kappa shape index (κ2) is 10.1. The molecule has 4 aromatic rings. The van der Waals surface area contributed by atoms with Gasteiger partial charge in [0.05, 0.1) is 11.4 Å². The van der Waals surface area contributed by atoms with Crippen LogP contribution in [0.25, 0.3) is 11.3 Å². The third-order valence-corrected chi connectivity index (χ3v) is 6.21. The van der Waals surface area contributed by atoms with Crippen LogP contribution in [0.15, 0.2) is 51.4 Å². The van der Waals surface area contributed by atoms with Crippen LogP contribution in [-0.4, -0.2) is 26.8 Å². The monoisotopic (exact) mass is 484 g/mol. The van der Waals surface area contributed by atoms with Crippen LogP contribution in [0.1, 0.15) is 22.6 Å². The van der Waals surface area contributed by atoms with Crippen LogP contribution in [0, 0.1) is 26.6 Å².